The molecule has 0 unspecified atom stereocenters. The molecule has 2 atom stereocenters. The maximum Gasteiger partial charge on any atom is 0.262 e. The molecule has 3 aromatic rings. The molecule has 0 aliphatic carbocycles. The Balaban J connectivity index is 1.67. The van der Waals surface area contributed by atoms with Gasteiger partial charge >= 0.3 is 0 Å². The summed E-state index contributed by atoms with van der Waals surface area (Å²) in [4.78, 5) is 25.9. The van der Waals surface area contributed by atoms with Crippen LogP contribution in [0.1, 0.15) is 18.1 Å². The molecule has 196 valence electrons. The van der Waals surface area contributed by atoms with E-state index in [4.69, 9.17) is 37.9 Å². The molecule has 0 aromatic heterocycles. The fourth-order valence-electron chi connectivity index (χ4n) is 3.24. The smallest absolute Gasteiger partial charge is 0.262 e. The van der Waals surface area contributed by atoms with Crippen molar-refractivity contribution >= 4 is 57.2 Å². The molecule has 3 rings (SSSR count). The van der Waals surface area contributed by atoms with Crippen LogP contribution in [-0.2, 0) is 16.0 Å². The highest BCUT2D eigenvalue weighted by molar-refractivity contribution is 9.10. The van der Waals surface area contributed by atoms with E-state index in [1.165, 1.54) is 12.3 Å². The number of benzene rings is 3. The summed E-state index contributed by atoms with van der Waals surface area (Å²) in [6.45, 7) is 1.48. The Bertz CT molecular complexity index is 1350. The van der Waals surface area contributed by atoms with Crippen molar-refractivity contribution in [3.05, 3.63) is 92.4 Å². The number of carbonyl (C=O) groups excluding carboxylic acids is 2. The summed E-state index contributed by atoms with van der Waals surface area (Å²) < 4.78 is 11.6. The third-order valence-corrected chi connectivity index (χ3v) is 6.27. The Morgan fingerprint density at radius 2 is 1.82 bits per heavy atom. The Morgan fingerprint density at radius 1 is 1.08 bits per heavy atom. The summed E-state index contributed by atoms with van der Waals surface area (Å²) in [5.41, 5.74) is 4.00. The molecule has 2 N–H and O–H groups in total. The molecular formula is C27H23BrCl2N4O4. The third-order valence-electron chi connectivity index (χ3n) is 5.12. The van der Waals surface area contributed by atoms with Gasteiger partial charge in [-0.2, -0.15) is 10.4 Å². The van der Waals surface area contributed by atoms with Crippen LogP contribution in [0.3, 0.4) is 0 Å². The normalized spacial score (nSPS) is 12.3. The molecule has 0 fully saturated rings. The van der Waals surface area contributed by atoms with Gasteiger partial charge in [0.05, 0.1) is 15.7 Å². The van der Waals surface area contributed by atoms with Crippen molar-refractivity contribution in [1.29, 1.82) is 5.26 Å². The van der Waals surface area contributed by atoms with Gasteiger partial charge in [-0.3, -0.25) is 9.59 Å². The van der Waals surface area contributed by atoms with Crippen molar-refractivity contribution in [2.45, 2.75) is 25.5 Å². The minimum Gasteiger partial charge on any atom is -0.479 e. The van der Waals surface area contributed by atoms with E-state index in [0.717, 1.165) is 5.56 Å². The topological polar surface area (TPSA) is 113 Å². The van der Waals surface area contributed by atoms with Gasteiger partial charge in [0.25, 0.3) is 11.8 Å². The molecular weight excluding hydrogens is 595 g/mol. The first kappa shape index (κ1) is 29.0. The fraction of sp³-hybridized carbons (Fsp3) is 0.185. The van der Waals surface area contributed by atoms with E-state index in [0.29, 0.717) is 26.6 Å². The van der Waals surface area contributed by atoms with E-state index in [-0.39, 0.29) is 18.1 Å². The van der Waals surface area contributed by atoms with Crippen molar-refractivity contribution < 1.29 is 19.1 Å². The van der Waals surface area contributed by atoms with Crippen LogP contribution < -0.4 is 20.2 Å². The van der Waals surface area contributed by atoms with E-state index in [1.807, 2.05) is 36.4 Å². The molecule has 0 aliphatic heterocycles. The maximum absolute atomic E-state index is 13.0. The van der Waals surface area contributed by atoms with Crippen molar-refractivity contribution in [1.82, 2.24) is 10.7 Å². The molecule has 0 saturated carbocycles. The molecule has 3 aromatic carbocycles. The van der Waals surface area contributed by atoms with Crippen LogP contribution in [0.25, 0.3) is 0 Å². The van der Waals surface area contributed by atoms with E-state index in [9.17, 15) is 9.59 Å². The van der Waals surface area contributed by atoms with Gasteiger partial charge in [0, 0.05) is 11.4 Å². The maximum atomic E-state index is 13.0. The van der Waals surface area contributed by atoms with Crippen molar-refractivity contribution in [2.75, 3.05) is 6.61 Å². The molecule has 0 bridgehead atoms. The first-order valence-corrected chi connectivity index (χ1v) is 12.9. The molecule has 0 saturated heterocycles. The second-order valence-electron chi connectivity index (χ2n) is 7.96. The Kier molecular flexibility index (Phi) is 11.0. The van der Waals surface area contributed by atoms with Gasteiger partial charge in [0.2, 0.25) is 0 Å². The number of amides is 2. The van der Waals surface area contributed by atoms with E-state index < -0.39 is 24.0 Å². The van der Waals surface area contributed by atoms with Gasteiger partial charge in [0.1, 0.15) is 23.6 Å². The number of hydrogen-bond acceptors (Lipinski definition) is 6. The summed E-state index contributed by atoms with van der Waals surface area (Å²) in [5, 5.41) is 16.1. The van der Waals surface area contributed by atoms with Crippen LogP contribution in [0, 0.1) is 11.3 Å². The van der Waals surface area contributed by atoms with Crippen molar-refractivity contribution in [2.24, 2.45) is 5.10 Å². The lowest BCUT2D eigenvalue weighted by Gasteiger charge is -2.21. The second-order valence-corrected chi connectivity index (χ2v) is 9.65. The highest BCUT2D eigenvalue weighted by atomic mass is 79.9. The number of hydrazone groups is 1. The summed E-state index contributed by atoms with van der Waals surface area (Å²) >= 11 is 15.4. The number of nitriles is 1. The monoisotopic (exact) mass is 616 g/mol. The predicted octanol–water partition coefficient (Wildman–Crippen LogP) is 5.30. The number of rotatable bonds is 11. The van der Waals surface area contributed by atoms with Gasteiger partial charge in [-0.1, -0.05) is 53.5 Å². The number of carbonyl (C=O) groups is 2. The summed E-state index contributed by atoms with van der Waals surface area (Å²) in [6, 6.07) is 20.1. The second kappa shape index (κ2) is 14.4. The molecule has 38 heavy (non-hydrogen) atoms. The van der Waals surface area contributed by atoms with Gasteiger partial charge in [-0.05, 0) is 70.4 Å². The molecule has 2 amide bonds. The number of hydrogen-bond donors (Lipinski definition) is 2. The van der Waals surface area contributed by atoms with Crippen LogP contribution in [0.5, 0.6) is 11.5 Å². The third kappa shape index (κ3) is 8.77. The van der Waals surface area contributed by atoms with Gasteiger partial charge in [0.15, 0.2) is 12.7 Å². The molecule has 0 aliphatic rings. The standard InChI is InChI=1S/C27H23BrCl2N4O4/c1-17(38-25-10-8-20(29)15-22(25)30)26(35)33-23(14-18-5-3-2-4-6-18)27(36)34-32-16-19-7-9-24(21(28)13-19)37-12-11-31/h2-10,13,15-17,23H,12,14H2,1H3,(H,33,35)(H,34,36)/b32-16-/t17-,23+/m1/s1. The number of halogens is 3. The van der Waals surface area contributed by atoms with Crippen LogP contribution in [0.2, 0.25) is 10.0 Å². The molecule has 0 heterocycles. The van der Waals surface area contributed by atoms with Crippen LogP contribution >= 0.6 is 39.1 Å². The van der Waals surface area contributed by atoms with Crippen LogP contribution in [-0.4, -0.2) is 36.8 Å². The van der Waals surface area contributed by atoms with Gasteiger partial charge in [-0.15, -0.1) is 0 Å². The van der Waals surface area contributed by atoms with E-state index >= 15 is 0 Å². The summed E-state index contributed by atoms with van der Waals surface area (Å²) in [7, 11) is 0. The highest BCUT2D eigenvalue weighted by Crippen LogP contribution is 2.28. The predicted molar refractivity (Wildman–Crippen MR) is 150 cm³/mol. The van der Waals surface area contributed by atoms with Crippen molar-refractivity contribution in [3.63, 3.8) is 0 Å². The summed E-state index contributed by atoms with van der Waals surface area (Å²) in [6.07, 6.45) is 0.743. The molecule has 8 nitrogen and oxygen atoms in total. The Labute approximate surface area is 238 Å². The van der Waals surface area contributed by atoms with E-state index in [2.05, 4.69) is 31.8 Å². The minimum atomic E-state index is -0.942. The highest BCUT2D eigenvalue weighted by Gasteiger charge is 2.25. The summed E-state index contributed by atoms with van der Waals surface area (Å²) in [5.74, 6) is -0.214. The van der Waals surface area contributed by atoms with Crippen molar-refractivity contribution in [3.8, 4) is 17.6 Å². The number of ether oxygens (including phenoxy) is 2. The molecule has 0 spiro atoms. The lowest BCUT2D eigenvalue weighted by molar-refractivity contribution is -0.132. The zero-order valence-corrected chi connectivity index (χ0v) is 23.3. The quantitative estimate of drug-likeness (QED) is 0.224. The zero-order chi connectivity index (χ0) is 27.5. The average Bonchev–Trinajstić information content (AvgIpc) is 2.90. The lowest BCUT2D eigenvalue weighted by atomic mass is 10.1. The first-order valence-electron chi connectivity index (χ1n) is 11.3. The Morgan fingerprint density at radius 3 is 2.50 bits per heavy atom. The van der Waals surface area contributed by atoms with Crippen LogP contribution in [0.4, 0.5) is 0 Å². The SMILES string of the molecule is C[C@@H](Oc1ccc(Cl)cc1Cl)C(=O)N[C@@H](Cc1ccccc1)C(=O)N/N=C\c1ccc(OCC#N)c(Br)c1. The van der Waals surface area contributed by atoms with Crippen LogP contribution in [0.15, 0.2) is 76.3 Å². The fourth-order valence-corrected chi connectivity index (χ4v) is 4.20. The van der Waals surface area contributed by atoms with E-state index in [1.54, 1.807) is 37.3 Å². The zero-order valence-electron chi connectivity index (χ0n) is 20.2. The molecule has 11 heteroatoms. The first-order chi connectivity index (χ1) is 18.3. The number of nitrogens with one attached hydrogen (secondary N) is 2. The minimum absolute atomic E-state index is 0.0764. The lowest BCUT2D eigenvalue weighted by Crippen LogP contribution is -2.50. The Hall–Kier alpha value is -3.58. The largest absolute Gasteiger partial charge is 0.479 e. The van der Waals surface area contributed by atoms with Gasteiger partial charge < -0.3 is 14.8 Å². The van der Waals surface area contributed by atoms with Gasteiger partial charge in [-0.25, -0.2) is 5.43 Å². The molecule has 0 radical (unpaired) electrons. The number of nitrogens with zero attached hydrogens (tertiary/aromatic N) is 2. The average molecular weight is 618 g/mol.